The van der Waals surface area contributed by atoms with Gasteiger partial charge in [0.1, 0.15) is 6.61 Å². The van der Waals surface area contributed by atoms with Crippen molar-refractivity contribution in [2.45, 2.75) is 26.4 Å². The van der Waals surface area contributed by atoms with E-state index < -0.39 is 0 Å². The van der Waals surface area contributed by atoms with E-state index in [1.165, 1.54) is 18.3 Å². The highest BCUT2D eigenvalue weighted by Gasteiger charge is 2.08. The molecule has 6 nitrogen and oxygen atoms in total. The molecule has 0 fully saturated rings. The van der Waals surface area contributed by atoms with E-state index in [0.717, 1.165) is 16.6 Å². The smallest absolute Gasteiger partial charge is 0.306 e. The molecule has 0 aliphatic carbocycles. The van der Waals surface area contributed by atoms with E-state index in [4.69, 9.17) is 4.74 Å². The molecule has 0 aliphatic heterocycles. The number of hydrogen-bond donors (Lipinski definition) is 1. The van der Waals surface area contributed by atoms with Gasteiger partial charge in [-0.25, -0.2) is 4.98 Å². The third kappa shape index (κ3) is 4.84. The molecule has 0 saturated heterocycles. The van der Waals surface area contributed by atoms with Crippen LogP contribution in [0.5, 0.6) is 0 Å². The first kappa shape index (κ1) is 17.0. The molecule has 0 atom stereocenters. The number of aryl methyl sites for hydroxylation is 1. The molecule has 128 valence electrons. The Hall–Kier alpha value is -2.80. The van der Waals surface area contributed by atoms with Gasteiger partial charge in [-0.3, -0.25) is 14.6 Å². The Morgan fingerprint density at radius 3 is 2.80 bits per heavy atom. The number of nitrogens with zero attached hydrogens (tertiary/aromatic N) is 2. The van der Waals surface area contributed by atoms with Crippen molar-refractivity contribution in [1.29, 1.82) is 0 Å². The number of carbonyl (C=O) groups is 2. The van der Waals surface area contributed by atoms with Gasteiger partial charge in [0.05, 0.1) is 17.6 Å². The summed E-state index contributed by atoms with van der Waals surface area (Å²) < 4.78 is 5.22. The summed E-state index contributed by atoms with van der Waals surface area (Å²) in [5.74, 6) is -0.482. The zero-order valence-corrected chi connectivity index (χ0v) is 14.5. The zero-order chi connectivity index (χ0) is 17.6. The molecule has 1 aromatic carbocycles. The van der Waals surface area contributed by atoms with Gasteiger partial charge >= 0.3 is 5.97 Å². The molecule has 2 aromatic heterocycles. The minimum absolute atomic E-state index is 0.0973. The first-order valence-corrected chi connectivity index (χ1v) is 8.70. The maximum Gasteiger partial charge on any atom is 0.306 e. The van der Waals surface area contributed by atoms with E-state index >= 15 is 0 Å². The number of fused-ring (bicyclic) bond motifs is 1. The SMILES string of the molecule is CC(=O)Nc1nc(COC(=O)CCc2ccc3ccccc3n2)cs1. The van der Waals surface area contributed by atoms with E-state index in [9.17, 15) is 9.59 Å². The standard InChI is InChI=1S/C18H17N3O3S/c1-12(22)19-18-21-15(11-25-18)10-24-17(23)9-8-14-7-6-13-4-2-3-5-16(13)20-14/h2-7,11H,8-10H2,1H3,(H,19,21,22). The van der Waals surface area contributed by atoms with Gasteiger partial charge in [-0.05, 0) is 12.1 Å². The Labute approximate surface area is 148 Å². The number of anilines is 1. The number of rotatable bonds is 6. The van der Waals surface area contributed by atoms with Gasteiger partial charge in [-0.1, -0.05) is 24.3 Å². The van der Waals surface area contributed by atoms with Crippen molar-refractivity contribution >= 4 is 39.2 Å². The molecular formula is C18H17N3O3S. The average Bonchev–Trinajstić information content (AvgIpc) is 3.04. The normalized spacial score (nSPS) is 10.6. The molecular weight excluding hydrogens is 338 g/mol. The van der Waals surface area contributed by atoms with Crippen LogP contribution < -0.4 is 5.32 Å². The van der Waals surface area contributed by atoms with Crippen LogP contribution >= 0.6 is 11.3 Å². The zero-order valence-electron chi connectivity index (χ0n) is 13.7. The first-order valence-electron chi connectivity index (χ1n) is 7.82. The first-order chi connectivity index (χ1) is 12.1. The summed E-state index contributed by atoms with van der Waals surface area (Å²) in [7, 11) is 0. The summed E-state index contributed by atoms with van der Waals surface area (Å²) in [6, 6.07) is 11.8. The maximum absolute atomic E-state index is 11.9. The Bertz CT molecular complexity index is 907. The number of hydrogen-bond acceptors (Lipinski definition) is 6. The van der Waals surface area contributed by atoms with Gasteiger partial charge in [0.2, 0.25) is 5.91 Å². The van der Waals surface area contributed by atoms with Crippen molar-refractivity contribution in [1.82, 2.24) is 9.97 Å². The number of amides is 1. The predicted molar refractivity (Wildman–Crippen MR) is 96.3 cm³/mol. The molecule has 0 spiro atoms. The predicted octanol–water partition coefficient (Wildman–Crippen LogP) is 3.33. The van der Waals surface area contributed by atoms with Crippen molar-refractivity contribution in [3.8, 4) is 0 Å². The lowest BCUT2D eigenvalue weighted by atomic mass is 10.1. The van der Waals surface area contributed by atoms with Gasteiger partial charge < -0.3 is 10.1 Å². The minimum atomic E-state index is -0.302. The molecule has 7 heteroatoms. The molecule has 0 bridgehead atoms. The molecule has 3 aromatic rings. The highest BCUT2D eigenvalue weighted by atomic mass is 32.1. The topological polar surface area (TPSA) is 81.2 Å². The van der Waals surface area contributed by atoms with E-state index in [-0.39, 0.29) is 24.9 Å². The van der Waals surface area contributed by atoms with Gasteiger partial charge in [0.15, 0.2) is 5.13 Å². The molecule has 0 radical (unpaired) electrons. The summed E-state index contributed by atoms with van der Waals surface area (Å²) in [6.45, 7) is 1.52. The number of esters is 1. The second kappa shape index (κ2) is 7.85. The summed E-state index contributed by atoms with van der Waals surface area (Å²) in [6.07, 6.45) is 0.784. The number of carbonyl (C=O) groups excluding carboxylic acids is 2. The van der Waals surface area contributed by atoms with Crippen LogP contribution in [-0.2, 0) is 27.4 Å². The molecule has 1 N–H and O–H groups in total. The minimum Gasteiger partial charge on any atom is -0.459 e. The van der Waals surface area contributed by atoms with E-state index in [2.05, 4.69) is 15.3 Å². The highest BCUT2D eigenvalue weighted by Crippen LogP contribution is 2.16. The van der Waals surface area contributed by atoms with E-state index in [0.29, 0.717) is 17.2 Å². The number of ether oxygens (including phenoxy) is 1. The number of pyridine rings is 1. The fourth-order valence-electron chi connectivity index (χ4n) is 2.29. The van der Waals surface area contributed by atoms with Crippen LogP contribution in [0.3, 0.4) is 0 Å². The Balaban J connectivity index is 1.48. The van der Waals surface area contributed by atoms with Crippen LogP contribution in [-0.4, -0.2) is 21.8 Å². The van der Waals surface area contributed by atoms with Gasteiger partial charge in [0.25, 0.3) is 0 Å². The molecule has 25 heavy (non-hydrogen) atoms. The Morgan fingerprint density at radius 1 is 1.12 bits per heavy atom. The van der Waals surface area contributed by atoms with Crippen molar-refractivity contribution in [3.05, 3.63) is 53.2 Å². The number of thiazole rings is 1. The van der Waals surface area contributed by atoms with Crippen molar-refractivity contribution in [3.63, 3.8) is 0 Å². The molecule has 1 amide bonds. The van der Waals surface area contributed by atoms with Gasteiger partial charge in [-0.15, -0.1) is 11.3 Å². The quantitative estimate of drug-likeness (QED) is 0.686. The molecule has 0 unspecified atom stereocenters. The summed E-state index contributed by atoms with van der Waals surface area (Å²) in [5.41, 5.74) is 2.39. The van der Waals surface area contributed by atoms with Crippen molar-refractivity contribution < 1.29 is 14.3 Å². The monoisotopic (exact) mass is 355 g/mol. The van der Waals surface area contributed by atoms with E-state index in [1.54, 1.807) is 5.38 Å². The molecule has 2 heterocycles. The number of para-hydroxylation sites is 1. The third-order valence-corrected chi connectivity index (χ3v) is 4.26. The maximum atomic E-state index is 11.9. The fourth-order valence-corrected chi connectivity index (χ4v) is 3.03. The van der Waals surface area contributed by atoms with Crippen LogP contribution in [0, 0.1) is 0 Å². The lowest BCUT2D eigenvalue weighted by Gasteiger charge is -2.04. The van der Waals surface area contributed by atoms with Crippen LogP contribution in [0.2, 0.25) is 0 Å². The van der Waals surface area contributed by atoms with Crippen LogP contribution in [0.1, 0.15) is 24.7 Å². The number of nitrogens with one attached hydrogen (secondary N) is 1. The highest BCUT2D eigenvalue weighted by molar-refractivity contribution is 7.13. The third-order valence-electron chi connectivity index (χ3n) is 3.46. The summed E-state index contributed by atoms with van der Waals surface area (Å²) in [5, 5.41) is 5.92. The van der Waals surface area contributed by atoms with Crippen molar-refractivity contribution in [2.75, 3.05) is 5.32 Å². The number of benzene rings is 1. The van der Waals surface area contributed by atoms with Crippen molar-refractivity contribution in [2.24, 2.45) is 0 Å². The van der Waals surface area contributed by atoms with Crippen LogP contribution in [0.15, 0.2) is 41.8 Å². The second-order valence-electron chi connectivity index (χ2n) is 5.48. The average molecular weight is 355 g/mol. The molecule has 3 rings (SSSR count). The summed E-state index contributed by atoms with van der Waals surface area (Å²) >= 11 is 1.30. The van der Waals surface area contributed by atoms with Crippen LogP contribution in [0.25, 0.3) is 10.9 Å². The Kier molecular flexibility index (Phi) is 5.35. The van der Waals surface area contributed by atoms with Gasteiger partial charge in [-0.2, -0.15) is 0 Å². The number of aromatic nitrogens is 2. The second-order valence-corrected chi connectivity index (χ2v) is 6.34. The van der Waals surface area contributed by atoms with Gasteiger partial charge in [0, 0.05) is 29.8 Å². The molecule has 0 aliphatic rings. The summed E-state index contributed by atoms with van der Waals surface area (Å²) in [4.78, 5) is 31.6. The fraction of sp³-hybridized carbons (Fsp3) is 0.222. The molecule has 0 saturated carbocycles. The largest absolute Gasteiger partial charge is 0.459 e. The van der Waals surface area contributed by atoms with Crippen LogP contribution in [0.4, 0.5) is 5.13 Å². The van der Waals surface area contributed by atoms with E-state index in [1.807, 2.05) is 36.4 Å². The lowest BCUT2D eigenvalue weighted by molar-refractivity contribution is -0.145. The lowest BCUT2D eigenvalue weighted by Crippen LogP contribution is -2.08. The Morgan fingerprint density at radius 2 is 1.96 bits per heavy atom.